The van der Waals surface area contributed by atoms with E-state index >= 15 is 0 Å². The van der Waals surface area contributed by atoms with E-state index < -0.39 is 10.8 Å². The summed E-state index contributed by atoms with van der Waals surface area (Å²) in [5, 5.41) is 14.1. The van der Waals surface area contributed by atoms with E-state index in [1.54, 1.807) is 19.1 Å². The molecule has 2 aromatic rings. The van der Waals surface area contributed by atoms with Gasteiger partial charge in [0.2, 0.25) is 0 Å². The number of carbonyl (C=O) groups is 1. The first-order valence-corrected chi connectivity index (χ1v) is 7.23. The van der Waals surface area contributed by atoms with E-state index in [2.05, 4.69) is 5.32 Å². The topological polar surface area (TPSA) is 90.7 Å². The first kappa shape index (κ1) is 17.6. The van der Waals surface area contributed by atoms with Crippen LogP contribution in [-0.4, -0.2) is 25.1 Å². The number of benzene rings is 2. The number of anilines is 1. The second kappa shape index (κ2) is 7.18. The highest BCUT2D eigenvalue weighted by molar-refractivity contribution is 6.32. The minimum absolute atomic E-state index is 0.0454. The molecule has 8 heteroatoms. The summed E-state index contributed by atoms with van der Waals surface area (Å²) in [6.45, 7) is 1.57. The third-order valence-corrected chi connectivity index (χ3v) is 3.68. The van der Waals surface area contributed by atoms with Crippen LogP contribution in [0.1, 0.15) is 15.9 Å². The number of hydrogen-bond acceptors (Lipinski definition) is 5. The molecule has 0 aromatic heterocycles. The number of amides is 1. The fourth-order valence-electron chi connectivity index (χ4n) is 2.23. The summed E-state index contributed by atoms with van der Waals surface area (Å²) in [4.78, 5) is 23.2. The number of aryl methyl sites for hydroxylation is 1. The van der Waals surface area contributed by atoms with E-state index in [0.717, 1.165) is 0 Å². The smallest absolute Gasteiger partial charge is 0.285 e. The molecule has 0 aliphatic carbocycles. The third kappa shape index (κ3) is 3.41. The van der Waals surface area contributed by atoms with Gasteiger partial charge in [-0.15, -0.1) is 0 Å². The van der Waals surface area contributed by atoms with Crippen LogP contribution in [0.3, 0.4) is 0 Å². The minimum Gasteiger partial charge on any atom is -0.495 e. The van der Waals surface area contributed by atoms with Crippen LogP contribution in [0, 0.1) is 17.0 Å². The fraction of sp³-hybridized carbons (Fsp3) is 0.188. The zero-order chi connectivity index (χ0) is 17.9. The number of ether oxygens (including phenoxy) is 2. The van der Waals surface area contributed by atoms with Gasteiger partial charge in [-0.3, -0.25) is 14.9 Å². The second-order valence-corrected chi connectivity index (χ2v) is 5.28. The van der Waals surface area contributed by atoms with Crippen LogP contribution in [0.4, 0.5) is 11.4 Å². The van der Waals surface area contributed by atoms with Crippen molar-refractivity contribution in [2.45, 2.75) is 6.92 Å². The van der Waals surface area contributed by atoms with Crippen molar-refractivity contribution < 1.29 is 19.2 Å². The predicted molar refractivity (Wildman–Crippen MR) is 90.3 cm³/mol. The Balaban J connectivity index is 2.44. The van der Waals surface area contributed by atoms with E-state index in [4.69, 9.17) is 21.1 Å². The van der Waals surface area contributed by atoms with Crippen LogP contribution in [0.2, 0.25) is 5.02 Å². The number of nitro groups is 1. The van der Waals surface area contributed by atoms with Crippen molar-refractivity contribution in [3.8, 4) is 11.5 Å². The molecule has 0 bridgehead atoms. The normalized spacial score (nSPS) is 10.2. The number of hydrogen-bond donors (Lipinski definition) is 1. The van der Waals surface area contributed by atoms with Crippen LogP contribution in [0.25, 0.3) is 0 Å². The number of nitrogens with zero attached hydrogens (tertiary/aromatic N) is 1. The lowest BCUT2D eigenvalue weighted by Gasteiger charge is -2.13. The molecule has 1 amide bonds. The van der Waals surface area contributed by atoms with Crippen LogP contribution < -0.4 is 14.8 Å². The Morgan fingerprint density at radius 1 is 1.21 bits per heavy atom. The minimum atomic E-state index is -0.631. The van der Waals surface area contributed by atoms with E-state index in [1.165, 1.54) is 32.4 Å². The van der Waals surface area contributed by atoms with Crippen molar-refractivity contribution in [3.63, 3.8) is 0 Å². The van der Waals surface area contributed by atoms with Gasteiger partial charge in [0.1, 0.15) is 17.1 Å². The maximum atomic E-state index is 12.5. The summed E-state index contributed by atoms with van der Waals surface area (Å²) < 4.78 is 10.3. The number of halogens is 1. The highest BCUT2D eigenvalue weighted by Crippen LogP contribution is 2.36. The molecule has 2 aromatic carbocycles. The van der Waals surface area contributed by atoms with Gasteiger partial charge in [0.25, 0.3) is 11.6 Å². The van der Waals surface area contributed by atoms with Crippen molar-refractivity contribution in [2.24, 2.45) is 0 Å². The highest BCUT2D eigenvalue weighted by Gasteiger charge is 2.23. The van der Waals surface area contributed by atoms with E-state index in [0.29, 0.717) is 27.8 Å². The Bertz CT molecular complexity index is 807. The van der Waals surface area contributed by atoms with Gasteiger partial charge in [-0.25, -0.2) is 0 Å². The molecule has 0 aliphatic rings. The molecule has 0 atom stereocenters. The standard InChI is InChI=1S/C16H15ClN2O5/c1-9-5-4-6-10(15(9)19(21)22)16(20)18-12-8-13(23-2)11(17)7-14(12)24-3/h4-8H,1-3H3,(H,18,20). The maximum absolute atomic E-state index is 12.5. The van der Waals surface area contributed by atoms with Gasteiger partial charge in [0.15, 0.2) is 0 Å². The molecular formula is C16H15ClN2O5. The summed E-state index contributed by atoms with van der Waals surface area (Å²) in [6, 6.07) is 7.51. The average Bonchev–Trinajstić information content (AvgIpc) is 2.55. The van der Waals surface area contributed by atoms with Gasteiger partial charge in [-0.05, 0) is 13.0 Å². The van der Waals surface area contributed by atoms with E-state index in [-0.39, 0.29) is 11.3 Å². The Morgan fingerprint density at radius 3 is 2.46 bits per heavy atom. The molecule has 126 valence electrons. The Morgan fingerprint density at radius 2 is 1.88 bits per heavy atom. The molecule has 0 saturated carbocycles. The van der Waals surface area contributed by atoms with Crippen molar-refractivity contribution in [1.82, 2.24) is 0 Å². The Hall–Kier alpha value is -2.80. The molecule has 0 saturated heterocycles. The fourth-order valence-corrected chi connectivity index (χ4v) is 2.46. The zero-order valence-electron chi connectivity index (χ0n) is 13.3. The largest absolute Gasteiger partial charge is 0.495 e. The Kier molecular flexibility index (Phi) is 5.25. The molecule has 7 nitrogen and oxygen atoms in total. The number of para-hydroxylation sites is 1. The van der Waals surface area contributed by atoms with Crippen LogP contribution in [0.15, 0.2) is 30.3 Å². The summed E-state index contributed by atoms with van der Waals surface area (Å²) in [5.41, 5.74) is 0.402. The first-order valence-electron chi connectivity index (χ1n) is 6.86. The number of nitro benzene ring substituents is 1. The van der Waals surface area contributed by atoms with Crippen molar-refractivity contribution in [2.75, 3.05) is 19.5 Å². The number of rotatable bonds is 5. The number of nitrogens with one attached hydrogen (secondary N) is 1. The molecule has 0 aliphatic heterocycles. The van der Waals surface area contributed by atoms with Crippen molar-refractivity contribution in [3.05, 3.63) is 56.6 Å². The Labute approximate surface area is 143 Å². The van der Waals surface area contributed by atoms with E-state index in [9.17, 15) is 14.9 Å². The van der Waals surface area contributed by atoms with Gasteiger partial charge in [-0.1, -0.05) is 23.7 Å². The summed E-state index contributed by atoms with van der Waals surface area (Å²) in [6.07, 6.45) is 0. The molecular weight excluding hydrogens is 336 g/mol. The maximum Gasteiger partial charge on any atom is 0.285 e. The second-order valence-electron chi connectivity index (χ2n) is 4.87. The number of carbonyl (C=O) groups excluding carboxylic acids is 1. The number of methoxy groups -OCH3 is 2. The van der Waals surface area contributed by atoms with Crippen molar-refractivity contribution >= 4 is 28.9 Å². The molecule has 2 rings (SSSR count). The van der Waals surface area contributed by atoms with Crippen LogP contribution in [-0.2, 0) is 0 Å². The predicted octanol–water partition coefficient (Wildman–Crippen LogP) is 3.83. The summed E-state index contributed by atoms with van der Waals surface area (Å²) >= 11 is 6.01. The quantitative estimate of drug-likeness (QED) is 0.653. The third-order valence-electron chi connectivity index (χ3n) is 3.39. The molecule has 0 unspecified atom stereocenters. The molecule has 0 fully saturated rings. The molecule has 1 N–H and O–H groups in total. The van der Waals surface area contributed by atoms with Gasteiger partial charge in [-0.2, -0.15) is 0 Å². The lowest BCUT2D eigenvalue weighted by molar-refractivity contribution is -0.385. The van der Waals surface area contributed by atoms with Crippen molar-refractivity contribution in [1.29, 1.82) is 0 Å². The lowest BCUT2D eigenvalue weighted by Crippen LogP contribution is -2.15. The van der Waals surface area contributed by atoms with Gasteiger partial charge >= 0.3 is 0 Å². The monoisotopic (exact) mass is 350 g/mol. The van der Waals surface area contributed by atoms with Crippen LogP contribution in [0.5, 0.6) is 11.5 Å². The van der Waals surface area contributed by atoms with E-state index in [1.807, 2.05) is 0 Å². The SMILES string of the molecule is COc1cc(NC(=O)c2cccc(C)c2[N+](=O)[O-])c(OC)cc1Cl. The lowest BCUT2D eigenvalue weighted by atomic mass is 10.1. The summed E-state index contributed by atoms with van der Waals surface area (Å²) in [7, 11) is 2.85. The zero-order valence-corrected chi connectivity index (χ0v) is 14.0. The molecule has 0 spiro atoms. The first-order chi connectivity index (χ1) is 11.4. The van der Waals surface area contributed by atoms with Gasteiger partial charge in [0, 0.05) is 17.7 Å². The summed E-state index contributed by atoms with van der Waals surface area (Å²) in [5.74, 6) is 0.0176. The van der Waals surface area contributed by atoms with Crippen LogP contribution >= 0.6 is 11.6 Å². The average molecular weight is 351 g/mol. The van der Waals surface area contributed by atoms with Gasteiger partial charge in [0.05, 0.1) is 29.9 Å². The molecule has 0 radical (unpaired) electrons. The highest BCUT2D eigenvalue weighted by atomic mass is 35.5. The molecule has 24 heavy (non-hydrogen) atoms. The molecule has 0 heterocycles. The van der Waals surface area contributed by atoms with Gasteiger partial charge < -0.3 is 14.8 Å².